The summed E-state index contributed by atoms with van der Waals surface area (Å²) in [6, 6.07) is -9.66. The number of hydrogen-bond donors (Lipinski definition) is 18. The molecule has 0 aromatic rings. The summed E-state index contributed by atoms with van der Waals surface area (Å²) >= 11 is 0. The van der Waals surface area contributed by atoms with Crippen molar-refractivity contribution in [3.05, 3.63) is 0 Å². The molecule has 34 nitrogen and oxygen atoms in total. The van der Waals surface area contributed by atoms with Crippen LogP contribution in [0.1, 0.15) is 167 Å². The molecule has 1 fully saturated rings. The number of ketones is 1. The molecule has 0 spiro atoms. The number of carbonyl (C=O) groups is 10. The Bertz CT molecular complexity index is 2350. The molecule has 34 heteroatoms. The van der Waals surface area contributed by atoms with Gasteiger partial charge in [0.1, 0.15) is 54.7 Å². The second-order valence-corrected chi connectivity index (χ2v) is 22.2. The van der Waals surface area contributed by atoms with Crippen LogP contribution in [0.2, 0.25) is 0 Å². The third-order valence-corrected chi connectivity index (χ3v) is 14.3. The van der Waals surface area contributed by atoms with E-state index in [9.17, 15) is 47.9 Å². The van der Waals surface area contributed by atoms with Crippen LogP contribution in [0, 0.1) is 0 Å². The average Bonchev–Trinajstić information content (AvgIpc) is 1.48. The third kappa shape index (κ3) is 41.0. The fourth-order valence-electron chi connectivity index (χ4n) is 9.31. The summed E-state index contributed by atoms with van der Waals surface area (Å²) in [5, 5.41) is 21.5. The molecule has 0 aromatic carbocycles. The molecule has 7 atom stereocenters. The van der Waals surface area contributed by atoms with Gasteiger partial charge in [-0.05, 0) is 103 Å². The van der Waals surface area contributed by atoms with E-state index in [-0.39, 0.29) is 172 Å². The molecule has 1 saturated heterocycles. The lowest BCUT2D eigenvalue weighted by molar-refractivity contribution is -0.137. The van der Waals surface area contributed by atoms with E-state index in [1.54, 1.807) is 0 Å². The number of nitrogens with one attached hydrogen (secondary N) is 8. The molecule has 0 aliphatic carbocycles. The van der Waals surface area contributed by atoms with Gasteiger partial charge in [-0.1, -0.05) is 51.9 Å². The average molecular weight is 1290 g/mol. The van der Waals surface area contributed by atoms with E-state index in [1.165, 1.54) is 12.8 Å². The summed E-state index contributed by atoms with van der Waals surface area (Å²) in [4.78, 5) is 155. The summed E-state index contributed by atoms with van der Waals surface area (Å²) < 4.78 is 11.0. The van der Waals surface area contributed by atoms with Crippen LogP contribution in [0.4, 0.5) is 0 Å². The van der Waals surface area contributed by atoms with Gasteiger partial charge < -0.3 is 109 Å². The zero-order chi connectivity index (χ0) is 67.8. The van der Waals surface area contributed by atoms with Gasteiger partial charge in [-0.15, -0.1) is 0 Å². The number of rotatable bonds is 46. The SMILES string of the molecule is CCCCCCCCCCNC(=O)CC[C@@H]1NC(=O)[C@H](CCC(=O)CCCOCCOCC(=O)NC(CCCCN)C(N)=O)NC(=O)[C@H](CCCN=C(N)N)NC(=O)[C@@H](CCCN=C(N)N)NC(=O)[C@H](CCCN=C(N)N)NC(=O)[C@@H](CCCN=C(N)N)NC1=O. The fraction of sp³-hybridized carbons (Fsp3) is 0.754. The van der Waals surface area contributed by atoms with Crippen molar-refractivity contribution in [2.24, 2.45) is 77.3 Å². The standard InChI is InChI=1S/C57H108N22O12/c1-2-3-4-5-6-7-8-11-28-68-45(81)26-25-44-53(89)77-41(21-14-31-71-56(64)65)50(86)75-39(19-12-29-69-54(60)61)48(84)74-40(20-13-30-70-55(62)63)49(85)76-42(22-15-32-72-57(66)67)51(87)78-43(52(88)79-44)24-23-37(80)17-16-33-90-34-35-91-36-46(82)73-38(47(59)83)18-9-10-27-58/h38-44H,2-36,58H2,1H3,(H2,59,83)(H,68,81)(H,73,82)(H,74,84)(H,75,86)(H,76,85)(H,77,89)(H,78,87)(H,79,88)(H4,60,61,69)(H4,62,63,70)(H4,64,65,71)(H4,66,67,72)/t38?,39-,40+,41+,42-,43-,44-/m0/s1. The quantitative estimate of drug-likeness (QED) is 0.0155. The van der Waals surface area contributed by atoms with Gasteiger partial charge in [0.25, 0.3) is 0 Å². The van der Waals surface area contributed by atoms with Crippen LogP contribution in [-0.4, -0.2) is 191 Å². The minimum atomic E-state index is -1.57. The summed E-state index contributed by atoms with van der Waals surface area (Å²) in [5.74, 6) is -8.32. The Labute approximate surface area is 533 Å². The Morgan fingerprint density at radius 3 is 1.19 bits per heavy atom. The lowest BCUT2D eigenvalue weighted by atomic mass is 10.0. The predicted molar refractivity (Wildman–Crippen MR) is 345 cm³/mol. The highest BCUT2D eigenvalue weighted by Gasteiger charge is 2.35. The molecule has 0 saturated carbocycles. The molecule has 1 aliphatic rings. The van der Waals surface area contributed by atoms with Gasteiger partial charge in [-0.25, -0.2) is 0 Å². The maximum Gasteiger partial charge on any atom is 0.246 e. The van der Waals surface area contributed by atoms with Crippen LogP contribution >= 0.6 is 0 Å². The van der Waals surface area contributed by atoms with Crippen LogP contribution < -0.4 is 99.9 Å². The zero-order valence-corrected chi connectivity index (χ0v) is 53.3. The molecule has 91 heavy (non-hydrogen) atoms. The second-order valence-electron chi connectivity index (χ2n) is 22.2. The van der Waals surface area contributed by atoms with Crippen molar-refractivity contribution in [3.63, 3.8) is 0 Å². The van der Waals surface area contributed by atoms with E-state index in [0.29, 0.717) is 38.8 Å². The highest BCUT2D eigenvalue weighted by molar-refractivity contribution is 5.98. The largest absolute Gasteiger partial charge is 0.379 e. The van der Waals surface area contributed by atoms with E-state index >= 15 is 0 Å². The van der Waals surface area contributed by atoms with Crippen LogP contribution in [0.5, 0.6) is 0 Å². The highest BCUT2D eigenvalue weighted by Crippen LogP contribution is 2.13. The molecule has 0 aromatic heterocycles. The third-order valence-electron chi connectivity index (χ3n) is 14.3. The predicted octanol–water partition coefficient (Wildman–Crippen LogP) is -4.58. The first kappa shape index (κ1) is 80.9. The molecule has 0 radical (unpaired) electrons. The van der Waals surface area contributed by atoms with Crippen molar-refractivity contribution in [3.8, 4) is 0 Å². The first-order chi connectivity index (χ1) is 43.5. The first-order valence-corrected chi connectivity index (χ1v) is 31.7. The topological polar surface area (TPSA) is 595 Å². The molecule has 0 bridgehead atoms. The minimum Gasteiger partial charge on any atom is -0.379 e. The zero-order valence-electron chi connectivity index (χ0n) is 53.3. The molecule has 518 valence electrons. The van der Waals surface area contributed by atoms with Crippen LogP contribution in [0.15, 0.2) is 20.0 Å². The Kier molecular flexibility index (Phi) is 44.1. The number of aliphatic imine (C=N–C) groups is 4. The molecule has 1 rings (SSSR count). The second kappa shape index (κ2) is 49.6. The van der Waals surface area contributed by atoms with Crippen molar-refractivity contribution in [2.45, 2.75) is 210 Å². The van der Waals surface area contributed by atoms with Gasteiger partial charge in [0, 0.05) is 58.6 Å². The molecular formula is C57H108N22O12. The molecule has 1 heterocycles. The van der Waals surface area contributed by atoms with E-state index < -0.39 is 95.5 Å². The number of nitrogens with zero attached hydrogens (tertiary/aromatic N) is 4. The lowest BCUT2D eigenvalue weighted by Crippen LogP contribution is -2.61. The molecule has 1 unspecified atom stereocenters. The number of carbonyl (C=O) groups excluding carboxylic acids is 10. The summed E-state index contributed by atoms with van der Waals surface area (Å²) in [6.07, 6.45) is 8.90. The number of ether oxygens (including phenoxy) is 2. The monoisotopic (exact) mass is 1290 g/mol. The van der Waals surface area contributed by atoms with Crippen molar-refractivity contribution in [2.75, 3.05) is 65.7 Å². The van der Waals surface area contributed by atoms with Crippen LogP contribution in [0.3, 0.4) is 0 Å². The first-order valence-electron chi connectivity index (χ1n) is 31.7. The number of unbranched alkanes of at least 4 members (excludes halogenated alkanes) is 8. The van der Waals surface area contributed by atoms with E-state index in [0.717, 1.165) is 32.1 Å². The Morgan fingerprint density at radius 1 is 0.429 bits per heavy atom. The molecule has 9 amide bonds. The number of guanidine groups is 4. The number of amides is 9. The highest BCUT2D eigenvalue weighted by atomic mass is 16.5. The summed E-state index contributed by atoms with van der Waals surface area (Å²) in [6.45, 7) is 2.81. The maximum absolute atomic E-state index is 14.8. The van der Waals surface area contributed by atoms with Crippen molar-refractivity contribution < 1.29 is 57.4 Å². The smallest absolute Gasteiger partial charge is 0.246 e. The Balaban J connectivity index is 3.77. The summed E-state index contributed by atoms with van der Waals surface area (Å²) in [7, 11) is 0. The van der Waals surface area contributed by atoms with Crippen LogP contribution in [-0.2, 0) is 57.4 Å². The summed E-state index contributed by atoms with van der Waals surface area (Å²) in [5.41, 5.74) is 55.5. The van der Waals surface area contributed by atoms with Crippen LogP contribution in [0.25, 0.3) is 0 Å². The van der Waals surface area contributed by atoms with Gasteiger partial charge >= 0.3 is 0 Å². The Hall–Kier alpha value is -8.14. The normalized spacial score (nSPS) is 18.6. The fourth-order valence-corrected chi connectivity index (χ4v) is 9.31. The molecule has 28 N–H and O–H groups in total. The Morgan fingerprint density at radius 2 is 0.802 bits per heavy atom. The van der Waals surface area contributed by atoms with Crippen molar-refractivity contribution in [1.29, 1.82) is 0 Å². The molecule has 1 aliphatic heterocycles. The number of Topliss-reactive ketones (excluding diaryl/α,β-unsaturated/α-hetero) is 1. The number of primary amides is 1. The molecular weight excluding hydrogens is 1180 g/mol. The van der Waals surface area contributed by atoms with Crippen molar-refractivity contribution in [1.82, 2.24) is 42.5 Å². The van der Waals surface area contributed by atoms with E-state index in [4.69, 9.17) is 66.8 Å². The van der Waals surface area contributed by atoms with Gasteiger partial charge in [-0.2, -0.15) is 0 Å². The van der Waals surface area contributed by atoms with Gasteiger partial charge in [0.15, 0.2) is 23.8 Å². The van der Waals surface area contributed by atoms with Gasteiger partial charge in [-0.3, -0.25) is 67.9 Å². The maximum atomic E-state index is 14.8. The van der Waals surface area contributed by atoms with Gasteiger partial charge in [0.2, 0.25) is 53.2 Å². The number of hydrogen-bond acceptors (Lipinski definition) is 17. The van der Waals surface area contributed by atoms with Gasteiger partial charge in [0.05, 0.1) is 13.2 Å². The van der Waals surface area contributed by atoms with Crippen molar-refractivity contribution >= 4 is 82.8 Å². The number of nitrogens with two attached hydrogens (primary N) is 10. The minimum absolute atomic E-state index is 0.00202. The van der Waals surface area contributed by atoms with E-state index in [2.05, 4.69) is 69.4 Å². The van der Waals surface area contributed by atoms with E-state index in [1.807, 2.05) is 0 Å². The lowest BCUT2D eigenvalue weighted by Gasteiger charge is -2.29.